The molecule has 1 fully saturated rings. The summed E-state index contributed by atoms with van der Waals surface area (Å²) in [7, 11) is 0. The quantitative estimate of drug-likeness (QED) is 0.939. The van der Waals surface area contributed by atoms with Crippen LogP contribution in [0.4, 0.5) is 5.69 Å². The highest BCUT2D eigenvalue weighted by atomic mass is 16.5. The Hall–Kier alpha value is -2.66. The highest BCUT2D eigenvalue weighted by Gasteiger charge is 2.21. The van der Waals surface area contributed by atoms with Crippen molar-refractivity contribution < 1.29 is 14.3 Å². The number of morpholine rings is 1. The number of carbonyl (C=O) groups is 2. The van der Waals surface area contributed by atoms with Gasteiger partial charge in [0.25, 0.3) is 5.91 Å². The summed E-state index contributed by atoms with van der Waals surface area (Å²) in [6, 6.07) is 16.7. The van der Waals surface area contributed by atoms with Crippen LogP contribution in [0.5, 0.6) is 0 Å². The zero-order chi connectivity index (χ0) is 16.8. The number of anilines is 1. The van der Waals surface area contributed by atoms with Gasteiger partial charge in [-0.3, -0.25) is 9.59 Å². The molecule has 1 aliphatic rings. The zero-order valence-electron chi connectivity index (χ0n) is 13.4. The lowest BCUT2D eigenvalue weighted by molar-refractivity contribution is -0.115. The van der Waals surface area contributed by atoms with Gasteiger partial charge in [-0.05, 0) is 17.7 Å². The normalized spacial score (nSPS) is 14.2. The van der Waals surface area contributed by atoms with Crippen molar-refractivity contribution in [3.8, 4) is 0 Å². The van der Waals surface area contributed by atoms with Gasteiger partial charge in [0.05, 0.1) is 30.9 Å². The van der Waals surface area contributed by atoms with Gasteiger partial charge in [0.15, 0.2) is 0 Å². The van der Waals surface area contributed by atoms with E-state index in [-0.39, 0.29) is 18.2 Å². The number of carbonyl (C=O) groups excluding carboxylic acids is 2. The Morgan fingerprint density at radius 1 is 0.958 bits per heavy atom. The summed E-state index contributed by atoms with van der Waals surface area (Å²) >= 11 is 0. The van der Waals surface area contributed by atoms with Crippen molar-refractivity contribution in [2.45, 2.75) is 6.42 Å². The summed E-state index contributed by atoms with van der Waals surface area (Å²) in [6.45, 7) is 2.25. The molecule has 2 amide bonds. The first-order valence-electron chi connectivity index (χ1n) is 8.04. The first-order valence-corrected chi connectivity index (χ1v) is 8.04. The van der Waals surface area contributed by atoms with Gasteiger partial charge in [0, 0.05) is 13.1 Å². The summed E-state index contributed by atoms with van der Waals surface area (Å²) in [6.07, 6.45) is 0.279. The van der Waals surface area contributed by atoms with E-state index in [2.05, 4.69) is 5.32 Å². The molecule has 124 valence electrons. The predicted molar refractivity (Wildman–Crippen MR) is 91.9 cm³/mol. The Morgan fingerprint density at radius 2 is 1.62 bits per heavy atom. The van der Waals surface area contributed by atoms with Crippen LogP contribution in [0.15, 0.2) is 54.6 Å². The van der Waals surface area contributed by atoms with Crippen LogP contribution in [0.2, 0.25) is 0 Å². The number of hydrogen-bond donors (Lipinski definition) is 1. The molecule has 0 spiro atoms. The molecule has 1 saturated heterocycles. The van der Waals surface area contributed by atoms with Crippen LogP contribution in [-0.4, -0.2) is 43.0 Å². The maximum Gasteiger partial charge on any atom is 0.256 e. The van der Waals surface area contributed by atoms with E-state index < -0.39 is 0 Å². The summed E-state index contributed by atoms with van der Waals surface area (Å²) < 4.78 is 5.28. The first kappa shape index (κ1) is 16.2. The summed E-state index contributed by atoms with van der Waals surface area (Å²) in [5.41, 5.74) is 2.00. The van der Waals surface area contributed by atoms with Crippen LogP contribution in [-0.2, 0) is 16.0 Å². The fourth-order valence-electron chi connectivity index (χ4n) is 2.69. The van der Waals surface area contributed by atoms with Gasteiger partial charge in [0.2, 0.25) is 5.91 Å². The molecule has 0 aromatic heterocycles. The van der Waals surface area contributed by atoms with E-state index >= 15 is 0 Å². The number of nitrogens with zero attached hydrogens (tertiary/aromatic N) is 1. The molecular formula is C19H20N2O3. The minimum atomic E-state index is -0.136. The molecule has 2 aromatic rings. The number of benzene rings is 2. The summed E-state index contributed by atoms with van der Waals surface area (Å²) in [4.78, 5) is 26.7. The number of para-hydroxylation sites is 1. The van der Waals surface area contributed by atoms with E-state index in [1.54, 1.807) is 23.1 Å². The third-order valence-corrected chi connectivity index (χ3v) is 3.94. The molecule has 0 saturated carbocycles. The van der Waals surface area contributed by atoms with Crippen molar-refractivity contribution >= 4 is 17.5 Å². The maximum absolute atomic E-state index is 12.7. The van der Waals surface area contributed by atoms with Gasteiger partial charge in [-0.1, -0.05) is 42.5 Å². The Kier molecular flexibility index (Phi) is 5.23. The molecule has 1 N–H and O–H groups in total. The van der Waals surface area contributed by atoms with E-state index in [4.69, 9.17) is 4.74 Å². The Balaban J connectivity index is 1.71. The van der Waals surface area contributed by atoms with E-state index in [9.17, 15) is 9.59 Å². The van der Waals surface area contributed by atoms with Crippen LogP contribution in [0.3, 0.4) is 0 Å². The molecule has 0 radical (unpaired) electrons. The van der Waals surface area contributed by atoms with Crippen molar-refractivity contribution in [1.29, 1.82) is 0 Å². The van der Waals surface area contributed by atoms with E-state index in [0.29, 0.717) is 37.6 Å². The lowest BCUT2D eigenvalue weighted by atomic mass is 10.1. The molecule has 0 bridgehead atoms. The minimum Gasteiger partial charge on any atom is -0.378 e. The van der Waals surface area contributed by atoms with Gasteiger partial charge in [-0.25, -0.2) is 0 Å². The van der Waals surface area contributed by atoms with Gasteiger partial charge in [-0.15, -0.1) is 0 Å². The average Bonchev–Trinajstić information content (AvgIpc) is 2.63. The number of hydrogen-bond acceptors (Lipinski definition) is 3. The summed E-state index contributed by atoms with van der Waals surface area (Å²) in [5.74, 6) is -0.211. The van der Waals surface area contributed by atoms with E-state index in [0.717, 1.165) is 5.56 Å². The number of rotatable bonds is 4. The highest BCUT2D eigenvalue weighted by Crippen LogP contribution is 2.18. The molecule has 0 atom stereocenters. The molecule has 1 heterocycles. The third kappa shape index (κ3) is 4.00. The second-order valence-electron chi connectivity index (χ2n) is 5.66. The van der Waals surface area contributed by atoms with Gasteiger partial charge >= 0.3 is 0 Å². The van der Waals surface area contributed by atoms with Crippen LogP contribution in [0.25, 0.3) is 0 Å². The minimum absolute atomic E-state index is 0.0751. The lowest BCUT2D eigenvalue weighted by Crippen LogP contribution is -2.41. The molecule has 1 aliphatic heterocycles. The molecule has 0 aliphatic carbocycles. The molecule has 24 heavy (non-hydrogen) atoms. The van der Waals surface area contributed by atoms with Crippen molar-refractivity contribution in [2.24, 2.45) is 0 Å². The molecule has 0 unspecified atom stereocenters. The fourth-order valence-corrected chi connectivity index (χ4v) is 2.69. The average molecular weight is 324 g/mol. The van der Waals surface area contributed by atoms with E-state index in [1.165, 1.54) is 0 Å². The second-order valence-corrected chi connectivity index (χ2v) is 5.66. The topological polar surface area (TPSA) is 58.6 Å². The smallest absolute Gasteiger partial charge is 0.256 e. The van der Waals surface area contributed by atoms with Crippen molar-refractivity contribution in [3.63, 3.8) is 0 Å². The van der Waals surface area contributed by atoms with Crippen LogP contribution in [0.1, 0.15) is 15.9 Å². The van der Waals surface area contributed by atoms with Crippen molar-refractivity contribution in [1.82, 2.24) is 4.90 Å². The maximum atomic E-state index is 12.7. The number of ether oxygens (including phenoxy) is 1. The lowest BCUT2D eigenvalue weighted by Gasteiger charge is -2.27. The monoisotopic (exact) mass is 324 g/mol. The first-order chi connectivity index (χ1) is 11.7. The molecular weight excluding hydrogens is 304 g/mol. The van der Waals surface area contributed by atoms with Gasteiger partial charge in [-0.2, -0.15) is 0 Å². The highest BCUT2D eigenvalue weighted by molar-refractivity contribution is 6.04. The third-order valence-electron chi connectivity index (χ3n) is 3.94. The fraction of sp³-hybridized carbons (Fsp3) is 0.263. The van der Waals surface area contributed by atoms with Gasteiger partial charge < -0.3 is 15.0 Å². The summed E-state index contributed by atoms with van der Waals surface area (Å²) in [5, 5.41) is 2.86. The molecule has 5 heteroatoms. The SMILES string of the molecule is O=C(Cc1ccccc1)Nc1ccccc1C(=O)N1CCOCC1. The largest absolute Gasteiger partial charge is 0.378 e. The molecule has 2 aromatic carbocycles. The Morgan fingerprint density at radius 3 is 2.38 bits per heavy atom. The second kappa shape index (κ2) is 7.75. The zero-order valence-corrected chi connectivity index (χ0v) is 13.4. The van der Waals surface area contributed by atoms with E-state index in [1.807, 2.05) is 36.4 Å². The van der Waals surface area contributed by atoms with Crippen LogP contribution >= 0.6 is 0 Å². The van der Waals surface area contributed by atoms with Crippen molar-refractivity contribution in [3.05, 3.63) is 65.7 Å². The number of nitrogens with one attached hydrogen (secondary N) is 1. The van der Waals surface area contributed by atoms with Crippen LogP contribution in [0, 0.1) is 0 Å². The van der Waals surface area contributed by atoms with Crippen molar-refractivity contribution in [2.75, 3.05) is 31.6 Å². The Bertz CT molecular complexity index is 710. The standard InChI is InChI=1S/C19H20N2O3/c22-18(14-15-6-2-1-3-7-15)20-17-9-5-4-8-16(17)19(23)21-10-12-24-13-11-21/h1-9H,10-14H2,(H,20,22). The molecule has 5 nitrogen and oxygen atoms in total. The number of amides is 2. The van der Waals surface area contributed by atoms with Gasteiger partial charge in [0.1, 0.15) is 0 Å². The molecule has 3 rings (SSSR count). The van der Waals surface area contributed by atoms with Crippen LogP contribution < -0.4 is 5.32 Å². The predicted octanol–water partition coefficient (Wildman–Crippen LogP) is 2.34. The Labute approximate surface area is 141 Å².